The van der Waals surface area contributed by atoms with Gasteiger partial charge in [-0.25, -0.2) is 0 Å². The van der Waals surface area contributed by atoms with Crippen LogP contribution in [0.2, 0.25) is 0 Å². The van der Waals surface area contributed by atoms with Crippen molar-refractivity contribution in [2.45, 2.75) is 53.6 Å². The minimum atomic E-state index is -0.809. The van der Waals surface area contributed by atoms with E-state index in [2.05, 4.69) is 41.5 Å². The Morgan fingerprint density at radius 3 is 1.56 bits per heavy atom. The van der Waals surface area contributed by atoms with E-state index >= 15 is 0 Å². The van der Waals surface area contributed by atoms with Crippen LogP contribution in [0.15, 0.2) is 24.3 Å². The van der Waals surface area contributed by atoms with Gasteiger partial charge in [0.05, 0.1) is 5.60 Å². The van der Waals surface area contributed by atoms with Crippen LogP contribution in [0.5, 0.6) is 5.75 Å². The minimum Gasteiger partial charge on any atom is -0.508 e. The largest absolute Gasteiger partial charge is 0.508 e. The molecule has 0 aliphatic carbocycles. The fourth-order valence-corrected chi connectivity index (χ4v) is 2.56. The van der Waals surface area contributed by atoms with E-state index in [1.54, 1.807) is 12.1 Å². The van der Waals surface area contributed by atoms with E-state index in [1.807, 2.05) is 12.1 Å². The molecule has 1 rings (SSSR count). The van der Waals surface area contributed by atoms with Crippen LogP contribution in [0.3, 0.4) is 0 Å². The summed E-state index contributed by atoms with van der Waals surface area (Å²) in [7, 11) is 0. The summed E-state index contributed by atoms with van der Waals surface area (Å²) in [5.41, 5.74) is -0.205. The van der Waals surface area contributed by atoms with Gasteiger partial charge in [-0.2, -0.15) is 0 Å². The van der Waals surface area contributed by atoms with Gasteiger partial charge in [-0.15, -0.1) is 0 Å². The number of aromatic hydroxyl groups is 1. The standard InChI is InChI=1S/C16H26O2/c1-14(2,3)16(18,15(4,5)6)11-12-7-9-13(17)10-8-12/h7-10,17-18H,11H2,1-6H3. The Morgan fingerprint density at radius 1 is 0.833 bits per heavy atom. The zero-order valence-corrected chi connectivity index (χ0v) is 12.4. The van der Waals surface area contributed by atoms with Crippen molar-refractivity contribution in [2.24, 2.45) is 10.8 Å². The zero-order valence-electron chi connectivity index (χ0n) is 12.4. The van der Waals surface area contributed by atoms with Crippen molar-refractivity contribution in [3.8, 4) is 5.75 Å². The van der Waals surface area contributed by atoms with Crippen LogP contribution in [0.25, 0.3) is 0 Å². The van der Waals surface area contributed by atoms with Crippen LogP contribution in [-0.2, 0) is 6.42 Å². The van der Waals surface area contributed by atoms with E-state index in [0.717, 1.165) is 5.56 Å². The summed E-state index contributed by atoms with van der Waals surface area (Å²) >= 11 is 0. The molecule has 0 bridgehead atoms. The SMILES string of the molecule is CC(C)(C)C(O)(Cc1ccc(O)cc1)C(C)(C)C. The summed E-state index contributed by atoms with van der Waals surface area (Å²) in [5, 5.41) is 20.5. The van der Waals surface area contributed by atoms with Crippen LogP contribution in [0, 0.1) is 10.8 Å². The molecule has 102 valence electrons. The van der Waals surface area contributed by atoms with Crippen LogP contribution in [-0.4, -0.2) is 15.8 Å². The van der Waals surface area contributed by atoms with Crippen molar-refractivity contribution >= 4 is 0 Å². The highest BCUT2D eigenvalue weighted by Crippen LogP contribution is 2.45. The Balaban J connectivity index is 3.12. The molecule has 0 atom stereocenters. The van der Waals surface area contributed by atoms with E-state index in [1.165, 1.54) is 0 Å². The average Bonchev–Trinajstić information content (AvgIpc) is 2.18. The molecule has 0 aliphatic heterocycles. The van der Waals surface area contributed by atoms with Gasteiger partial charge in [0.2, 0.25) is 0 Å². The number of hydrogen-bond donors (Lipinski definition) is 2. The lowest BCUT2D eigenvalue weighted by Crippen LogP contribution is -2.54. The first-order valence-electron chi connectivity index (χ1n) is 6.48. The van der Waals surface area contributed by atoms with Gasteiger partial charge in [0.1, 0.15) is 5.75 Å². The first kappa shape index (κ1) is 15.0. The van der Waals surface area contributed by atoms with Crippen molar-refractivity contribution in [1.82, 2.24) is 0 Å². The van der Waals surface area contributed by atoms with Gasteiger partial charge in [0, 0.05) is 6.42 Å². The fraction of sp³-hybridized carbons (Fsp3) is 0.625. The lowest BCUT2D eigenvalue weighted by Gasteiger charge is -2.50. The van der Waals surface area contributed by atoms with Gasteiger partial charge < -0.3 is 10.2 Å². The highest BCUT2D eigenvalue weighted by atomic mass is 16.3. The van der Waals surface area contributed by atoms with E-state index < -0.39 is 5.60 Å². The van der Waals surface area contributed by atoms with Crippen molar-refractivity contribution in [3.63, 3.8) is 0 Å². The molecule has 18 heavy (non-hydrogen) atoms. The summed E-state index contributed by atoms with van der Waals surface area (Å²) in [6, 6.07) is 7.08. The number of benzene rings is 1. The lowest BCUT2D eigenvalue weighted by atomic mass is 9.60. The number of rotatable bonds is 2. The summed E-state index contributed by atoms with van der Waals surface area (Å²) in [5.74, 6) is 0.258. The maximum Gasteiger partial charge on any atom is 0.115 e. The fourth-order valence-electron chi connectivity index (χ4n) is 2.56. The molecular formula is C16H26O2. The first-order valence-corrected chi connectivity index (χ1v) is 6.48. The smallest absolute Gasteiger partial charge is 0.115 e. The van der Waals surface area contributed by atoms with E-state index in [-0.39, 0.29) is 16.6 Å². The molecule has 2 heteroatoms. The quantitative estimate of drug-likeness (QED) is 0.839. The van der Waals surface area contributed by atoms with Gasteiger partial charge in [-0.1, -0.05) is 53.7 Å². The number of phenolic OH excluding ortho intramolecular Hbond substituents is 1. The molecular weight excluding hydrogens is 224 g/mol. The third-order valence-corrected chi connectivity index (χ3v) is 3.88. The lowest BCUT2D eigenvalue weighted by molar-refractivity contribution is -0.136. The van der Waals surface area contributed by atoms with Crippen LogP contribution in [0.1, 0.15) is 47.1 Å². The third-order valence-electron chi connectivity index (χ3n) is 3.88. The second-order valence-corrected chi connectivity index (χ2v) is 7.20. The Kier molecular flexibility index (Phi) is 3.83. The first-order chi connectivity index (χ1) is 7.97. The Morgan fingerprint density at radius 2 is 1.22 bits per heavy atom. The van der Waals surface area contributed by atoms with Crippen molar-refractivity contribution in [1.29, 1.82) is 0 Å². The number of aliphatic hydroxyl groups is 1. The average molecular weight is 250 g/mol. The molecule has 1 aromatic carbocycles. The molecule has 2 N–H and O–H groups in total. The van der Waals surface area contributed by atoms with Crippen molar-refractivity contribution in [2.75, 3.05) is 0 Å². The van der Waals surface area contributed by atoms with Crippen LogP contribution < -0.4 is 0 Å². The number of hydrogen-bond acceptors (Lipinski definition) is 2. The second kappa shape index (κ2) is 4.58. The van der Waals surface area contributed by atoms with Crippen LogP contribution >= 0.6 is 0 Å². The summed E-state index contributed by atoms with van der Waals surface area (Å²) < 4.78 is 0. The predicted octanol–water partition coefficient (Wildman–Crippen LogP) is 3.76. The predicted molar refractivity (Wildman–Crippen MR) is 75.7 cm³/mol. The van der Waals surface area contributed by atoms with Gasteiger partial charge in [-0.3, -0.25) is 0 Å². The summed E-state index contributed by atoms with van der Waals surface area (Å²) in [4.78, 5) is 0. The minimum absolute atomic E-state index is 0.219. The Bertz CT molecular complexity index is 377. The molecule has 0 heterocycles. The van der Waals surface area contributed by atoms with Gasteiger partial charge in [0.15, 0.2) is 0 Å². The zero-order chi connectivity index (χ0) is 14.2. The van der Waals surface area contributed by atoms with Crippen molar-refractivity contribution in [3.05, 3.63) is 29.8 Å². The molecule has 0 saturated heterocycles. The van der Waals surface area contributed by atoms with Crippen molar-refractivity contribution < 1.29 is 10.2 Å². The van der Waals surface area contributed by atoms with E-state index in [4.69, 9.17) is 0 Å². The molecule has 0 spiro atoms. The molecule has 0 aliphatic rings. The van der Waals surface area contributed by atoms with Crippen LogP contribution in [0.4, 0.5) is 0 Å². The molecule has 0 aromatic heterocycles. The molecule has 0 amide bonds. The topological polar surface area (TPSA) is 40.5 Å². The summed E-state index contributed by atoms with van der Waals surface area (Å²) in [6.45, 7) is 12.4. The number of phenols is 1. The monoisotopic (exact) mass is 250 g/mol. The molecule has 0 saturated carbocycles. The Hall–Kier alpha value is -1.02. The summed E-state index contributed by atoms with van der Waals surface area (Å²) in [6.07, 6.45) is 0.584. The highest BCUT2D eigenvalue weighted by Gasteiger charge is 2.48. The maximum absolute atomic E-state index is 11.1. The molecule has 0 radical (unpaired) electrons. The molecule has 2 nitrogen and oxygen atoms in total. The van der Waals surface area contributed by atoms with Gasteiger partial charge in [0.25, 0.3) is 0 Å². The normalized spacial score (nSPS) is 13.7. The molecule has 0 unspecified atom stereocenters. The third kappa shape index (κ3) is 2.86. The maximum atomic E-state index is 11.1. The van der Waals surface area contributed by atoms with Gasteiger partial charge in [-0.05, 0) is 28.5 Å². The van der Waals surface area contributed by atoms with E-state index in [9.17, 15) is 10.2 Å². The van der Waals surface area contributed by atoms with Gasteiger partial charge >= 0.3 is 0 Å². The van der Waals surface area contributed by atoms with E-state index in [0.29, 0.717) is 6.42 Å². The molecule has 0 fully saturated rings. The molecule has 1 aromatic rings. The second-order valence-electron chi connectivity index (χ2n) is 7.20. The highest BCUT2D eigenvalue weighted by molar-refractivity contribution is 5.27. The Labute approximate surface area is 111 Å².